The average molecular weight is 119 g/mol. The fourth-order valence-corrected chi connectivity index (χ4v) is 0. The summed E-state index contributed by atoms with van der Waals surface area (Å²) in [6.45, 7) is 0. The van der Waals surface area contributed by atoms with Gasteiger partial charge < -0.3 is 12.4 Å². The van der Waals surface area contributed by atoms with Crippen LogP contribution in [0.2, 0.25) is 0 Å². The molecule has 4 heavy (non-hydrogen) atoms. The Balaban J connectivity index is 0. The zero-order chi connectivity index (χ0) is 0. The van der Waals surface area contributed by atoms with Crippen molar-refractivity contribution < 1.29 is 58.4 Å². The Kier molecular flexibility index (Phi) is 340. The van der Waals surface area contributed by atoms with Gasteiger partial charge >= 0.3 is 29.6 Å². The quantitative estimate of drug-likeness (QED) is 0.288. The molecule has 0 aliphatic heterocycles. The molecule has 0 aliphatic rings. The van der Waals surface area contributed by atoms with Crippen molar-refractivity contribution >= 4 is 0 Å². The Morgan fingerprint density at radius 1 is 1.00 bits per heavy atom. The van der Waals surface area contributed by atoms with Gasteiger partial charge in [-0.2, -0.15) is 0 Å². The Morgan fingerprint density at radius 2 is 1.00 bits per heavy atom. The summed E-state index contributed by atoms with van der Waals surface area (Å²) in [6, 6.07) is 0. The van der Waals surface area contributed by atoms with Crippen LogP contribution in [0, 0.1) is 0 Å². The summed E-state index contributed by atoms with van der Waals surface area (Å²) in [4.78, 5) is 0. The molecule has 0 saturated heterocycles. The minimum absolute atomic E-state index is 0. The van der Waals surface area contributed by atoms with Gasteiger partial charge in [0, 0.05) is 16.5 Å². The van der Waals surface area contributed by atoms with Crippen LogP contribution in [0.15, 0.2) is 0 Å². The fourth-order valence-electron chi connectivity index (χ4n) is 0. The first-order chi connectivity index (χ1) is 0. The zero-order valence-electron chi connectivity index (χ0n) is 3.32. The van der Waals surface area contributed by atoms with Crippen molar-refractivity contribution in [2.24, 2.45) is 0 Å². The van der Waals surface area contributed by atoms with E-state index in [1.807, 2.05) is 0 Å². The minimum Gasteiger partial charge on any atom is -1.00 e. The van der Waals surface area contributed by atoms with Gasteiger partial charge in [-0.25, -0.2) is 0 Å². The maximum Gasteiger partial charge on any atom is 1.00 e. The second-order valence-corrected chi connectivity index (χ2v) is 0. The Hall–Kier alpha value is 1.41. The molecule has 0 rings (SSSR count). The van der Waals surface area contributed by atoms with Crippen LogP contribution < -0.4 is 29.6 Å². The molecule has 0 aliphatic carbocycles. The predicted molar refractivity (Wildman–Crippen MR) is 8.34 cm³/mol. The monoisotopic (exact) mass is 118 g/mol. The molecule has 4 N–H and O–H groups in total. The molecule has 0 atom stereocenters. The van der Waals surface area contributed by atoms with Gasteiger partial charge in [0.25, 0.3) is 0 Å². The fraction of sp³-hybridized carbons (Fsp3) is 0. The standard InChI is InChI=1S/Na.Ni.2H2O.H/h;;2*1H2;/q+1;;;;-1. The molecular formula is H5NaNiO2. The van der Waals surface area contributed by atoms with Crippen molar-refractivity contribution in [2.75, 3.05) is 0 Å². The van der Waals surface area contributed by atoms with Crippen molar-refractivity contribution in [2.45, 2.75) is 0 Å². The van der Waals surface area contributed by atoms with Crippen LogP contribution in [0.3, 0.4) is 0 Å². The molecule has 0 aromatic carbocycles. The molecule has 0 radical (unpaired) electrons. The van der Waals surface area contributed by atoms with Crippen LogP contribution in [0.25, 0.3) is 0 Å². The third-order valence-corrected chi connectivity index (χ3v) is 0. The minimum atomic E-state index is 0. The first-order valence-corrected chi connectivity index (χ1v) is 0. The van der Waals surface area contributed by atoms with Gasteiger partial charge in [-0.15, -0.1) is 0 Å². The summed E-state index contributed by atoms with van der Waals surface area (Å²) >= 11 is 0. The van der Waals surface area contributed by atoms with Crippen molar-refractivity contribution in [3.8, 4) is 0 Å². The third-order valence-electron chi connectivity index (χ3n) is 0. The number of hydrogen-bond donors (Lipinski definition) is 0. The van der Waals surface area contributed by atoms with Crippen LogP contribution in [-0.2, 0) is 16.5 Å². The summed E-state index contributed by atoms with van der Waals surface area (Å²) in [5.74, 6) is 0. The largest absolute Gasteiger partial charge is 1.00 e. The summed E-state index contributed by atoms with van der Waals surface area (Å²) < 4.78 is 0. The maximum atomic E-state index is 0. The van der Waals surface area contributed by atoms with Crippen molar-refractivity contribution in [3.63, 3.8) is 0 Å². The van der Waals surface area contributed by atoms with Gasteiger partial charge in [0.15, 0.2) is 0 Å². The molecule has 0 unspecified atom stereocenters. The van der Waals surface area contributed by atoms with Crippen LogP contribution in [0.4, 0.5) is 0 Å². The molecule has 0 spiro atoms. The van der Waals surface area contributed by atoms with Crippen LogP contribution in [0.5, 0.6) is 0 Å². The van der Waals surface area contributed by atoms with Gasteiger partial charge in [-0.05, 0) is 0 Å². The Morgan fingerprint density at radius 3 is 1.00 bits per heavy atom. The van der Waals surface area contributed by atoms with E-state index in [0.29, 0.717) is 0 Å². The van der Waals surface area contributed by atoms with E-state index in [1.165, 1.54) is 0 Å². The van der Waals surface area contributed by atoms with E-state index in [9.17, 15) is 0 Å². The van der Waals surface area contributed by atoms with Crippen molar-refractivity contribution in [1.29, 1.82) is 0 Å². The van der Waals surface area contributed by atoms with Gasteiger partial charge in [0.2, 0.25) is 0 Å². The molecule has 2 nitrogen and oxygen atoms in total. The summed E-state index contributed by atoms with van der Waals surface area (Å²) in [5.41, 5.74) is 0. The summed E-state index contributed by atoms with van der Waals surface area (Å²) in [6.07, 6.45) is 0. The van der Waals surface area contributed by atoms with E-state index in [-0.39, 0.29) is 58.4 Å². The summed E-state index contributed by atoms with van der Waals surface area (Å²) in [7, 11) is 0. The molecule has 28 valence electrons. The zero-order valence-corrected chi connectivity index (χ0v) is 5.30. The van der Waals surface area contributed by atoms with Gasteiger partial charge in [-0.1, -0.05) is 0 Å². The first kappa shape index (κ1) is 52.8. The summed E-state index contributed by atoms with van der Waals surface area (Å²) in [5, 5.41) is 0. The van der Waals surface area contributed by atoms with Crippen LogP contribution in [-0.4, -0.2) is 11.0 Å². The molecule has 0 saturated carbocycles. The molecule has 0 aromatic heterocycles. The van der Waals surface area contributed by atoms with E-state index >= 15 is 0 Å². The van der Waals surface area contributed by atoms with Crippen molar-refractivity contribution in [3.05, 3.63) is 0 Å². The smallest absolute Gasteiger partial charge is 1.00 e. The van der Waals surface area contributed by atoms with E-state index in [4.69, 9.17) is 0 Å². The second-order valence-electron chi connectivity index (χ2n) is 0. The van der Waals surface area contributed by atoms with E-state index < -0.39 is 0 Å². The van der Waals surface area contributed by atoms with Crippen molar-refractivity contribution in [1.82, 2.24) is 0 Å². The van der Waals surface area contributed by atoms with E-state index in [2.05, 4.69) is 0 Å². The van der Waals surface area contributed by atoms with Crippen LogP contribution in [0.1, 0.15) is 1.43 Å². The number of hydrogen-bond acceptors (Lipinski definition) is 0. The third kappa shape index (κ3) is 9.95. The Bertz CT molecular complexity index is 9.61. The molecule has 0 heterocycles. The molecule has 0 bridgehead atoms. The molecule has 0 aromatic rings. The first-order valence-electron chi connectivity index (χ1n) is 0. The number of rotatable bonds is 0. The second kappa shape index (κ2) is 25.7. The van der Waals surface area contributed by atoms with Gasteiger partial charge in [-0.3, -0.25) is 0 Å². The molecular weight excluding hydrogens is 114 g/mol. The van der Waals surface area contributed by atoms with Crippen LogP contribution >= 0.6 is 0 Å². The normalized spacial score (nSPS) is 0. The molecule has 0 amide bonds. The van der Waals surface area contributed by atoms with Gasteiger partial charge in [0.05, 0.1) is 0 Å². The Labute approximate surface area is 58.3 Å². The SMILES string of the molecule is O.O.[H-].[Na+].[Ni]. The molecule has 4 heteroatoms. The average Bonchev–Trinajstić information content (AvgIpc) is 0. The van der Waals surface area contributed by atoms with E-state index in [1.54, 1.807) is 0 Å². The van der Waals surface area contributed by atoms with E-state index in [0.717, 1.165) is 0 Å². The molecule has 0 fully saturated rings. The predicted octanol–water partition coefficient (Wildman–Crippen LogP) is -4.54. The topological polar surface area (TPSA) is 63.0 Å². The maximum absolute atomic E-state index is 0. The van der Waals surface area contributed by atoms with Gasteiger partial charge in [0.1, 0.15) is 0 Å².